The number of benzene rings is 2. The van der Waals surface area contributed by atoms with Gasteiger partial charge in [-0.1, -0.05) is 41.9 Å². The summed E-state index contributed by atoms with van der Waals surface area (Å²) < 4.78 is 0. The van der Waals surface area contributed by atoms with Crippen molar-refractivity contribution in [2.75, 3.05) is 25.9 Å². The van der Waals surface area contributed by atoms with Gasteiger partial charge in [-0.05, 0) is 30.7 Å². The van der Waals surface area contributed by atoms with Gasteiger partial charge in [0.05, 0.1) is 9.95 Å². The summed E-state index contributed by atoms with van der Waals surface area (Å²) in [5.74, 6) is -0.0985. The van der Waals surface area contributed by atoms with Crippen LogP contribution in [0, 0.1) is 10.1 Å². The van der Waals surface area contributed by atoms with Crippen LogP contribution in [0.15, 0.2) is 36.4 Å². The number of likely N-dealkylation sites (N-methyl/N-ethyl adjacent to an activating group) is 1. The van der Waals surface area contributed by atoms with Crippen molar-refractivity contribution in [3.05, 3.63) is 68.2 Å². The number of halogens is 1. The average Bonchev–Trinajstić information content (AvgIpc) is 2.69. The van der Waals surface area contributed by atoms with Crippen molar-refractivity contribution in [2.45, 2.75) is 12.3 Å². The lowest BCUT2D eigenvalue weighted by atomic mass is 9.86. The van der Waals surface area contributed by atoms with Crippen molar-refractivity contribution in [1.82, 2.24) is 4.90 Å². The lowest BCUT2D eigenvalue weighted by molar-refractivity contribution is -0.384. The number of nitro benzene ring substituents is 1. The summed E-state index contributed by atoms with van der Waals surface area (Å²) in [4.78, 5) is 13.5. The van der Waals surface area contributed by atoms with Gasteiger partial charge < -0.3 is 10.6 Å². The van der Waals surface area contributed by atoms with E-state index in [9.17, 15) is 10.1 Å². The number of nitro groups is 1. The highest BCUT2D eigenvalue weighted by Crippen LogP contribution is 2.43. The Labute approximate surface area is 139 Å². The van der Waals surface area contributed by atoms with E-state index in [0.29, 0.717) is 12.1 Å². The first-order valence-electron chi connectivity index (χ1n) is 7.47. The van der Waals surface area contributed by atoms with Gasteiger partial charge in [-0.15, -0.1) is 0 Å². The molecule has 120 valence electrons. The molecule has 0 bridgehead atoms. The molecule has 3 rings (SSSR count). The van der Waals surface area contributed by atoms with Crippen LogP contribution in [0.3, 0.4) is 0 Å². The normalized spacial score (nSPS) is 18.3. The summed E-state index contributed by atoms with van der Waals surface area (Å²) in [7, 11) is 2.03. The third-order valence-corrected chi connectivity index (χ3v) is 4.72. The second kappa shape index (κ2) is 6.18. The average molecular weight is 332 g/mol. The maximum absolute atomic E-state index is 11.7. The number of nitrogens with zero attached hydrogens (tertiary/aromatic N) is 2. The fourth-order valence-electron chi connectivity index (χ4n) is 3.27. The fourth-order valence-corrected chi connectivity index (χ4v) is 3.50. The lowest BCUT2D eigenvalue weighted by Crippen LogP contribution is -2.24. The van der Waals surface area contributed by atoms with Gasteiger partial charge in [0.2, 0.25) is 0 Å². The molecular formula is C17H18ClN3O2. The molecule has 1 aliphatic rings. The van der Waals surface area contributed by atoms with Crippen molar-refractivity contribution in [3.63, 3.8) is 0 Å². The van der Waals surface area contributed by atoms with Crippen LogP contribution >= 0.6 is 11.6 Å². The summed E-state index contributed by atoms with van der Waals surface area (Å²) in [6.07, 6.45) is 0.718. The topological polar surface area (TPSA) is 72.4 Å². The van der Waals surface area contributed by atoms with Crippen molar-refractivity contribution >= 4 is 23.0 Å². The summed E-state index contributed by atoms with van der Waals surface area (Å²) in [6, 6.07) is 11.6. The molecule has 6 heteroatoms. The molecule has 2 aromatic rings. The Morgan fingerprint density at radius 1 is 1.35 bits per heavy atom. The van der Waals surface area contributed by atoms with Crippen LogP contribution in [-0.4, -0.2) is 30.0 Å². The van der Waals surface area contributed by atoms with Crippen molar-refractivity contribution < 1.29 is 4.92 Å². The summed E-state index contributed by atoms with van der Waals surface area (Å²) in [5.41, 5.74) is 8.62. The summed E-state index contributed by atoms with van der Waals surface area (Å²) >= 11 is 6.14. The van der Waals surface area contributed by atoms with Crippen LogP contribution in [-0.2, 0) is 6.42 Å². The molecule has 0 saturated heterocycles. The zero-order valence-corrected chi connectivity index (χ0v) is 13.6. The molecule has 0 saturated carbocycles. The van der Waals surface area contributed by atoms with E-state index in [1.807, 2.05) is 37.4 Å². The highest BCUT2D eigenvalue weighted by molar-refractivity contribution is 6.33. The standard InChI is InChI=1S/C17H18ClN3O2/c1-20-8-7-12-9-14(18)16(19)17(21(22)23)15(12)13(10-20)11-5-3-2-4-6-11/h2-6,9,13H,7-8,10,19H2,1H3/t13-/m1/s1. The molecule has 0 unspecified atom stereocenters. The lowest BCUT2D eigenvalue weighted by Gasteiger charge is -2.22. The minimum Gasteiger partial charge on any atom is -0.392 e. The summed E-state index contributed by atoms with van der Waals surface area (Å²) in [5, 5.41) is 11.9. The number of anilines is 1. The Balaban J connectivity index is 2.28. The van der Waals surface area contributed by atoms with E-state index in [0.717, 1.165) is 24.1 Å². The highest BCUT2D eigenvalue weighted by Gasteiger charge is 2.33. The number of nitrogens with two attached hydrogens (primary N) is 1. The van der Waals surface area contributed by atoms with Crippen molar-refractivity contribution in [3.8, 4) is 0 Å². The Kier molecular flexibility index (Phi) is 4.24. The van der Waals surface area contributed by atoms with Gasteiger partial charge in [-0.25, -0.2) is 0 Å². The fraction of sp³-hybridized carbons (Fsp3) is 0.294. The highest BCUT2D eigenvalue weighted by atomic mass is 35.5. The maximum atomic E-state index is 11.7. The summed E-state index contributed by atoms with van der Waals surface area (Å²) in [6.45, 7) is 1.53. The quantitative estimate of drug-likeness (QED) is 0.519. The molecule has 0 aromatic heterocycles. The zero-order chi connectivity index (χ0) is 16.6. The van der Waals surface area contributed by atoms with Crippen LogP contribution in [0.5, 0.6) is 0 Å². The maximum Gasteiger partial charge on any atom is 0.297 e. The first-order chi connectivity index (χ1) is 11.0. The van der Waals surface area contributed by atoms with Crippen LogP contribution < -0.4 is 5.73 Å². The molecule has 23 heavy (non-hydrogen) atoms. The van der Waals surface area contributed by atoms with Crippen molar-refractivity contribution in [1.29, 1.82) is 0 Å². The molecule has 0 radical (unpaired) electrons. The first-order valence-corrected chi connectivity index (χ1v) is 7.85. The van der Waals surface area contributed by atoms with E-state index >= 15 is 0 Å². The Morgan fingerprint density at radius 3 is 2.70 bits per heavy atom. The molecule has 0 fully saturated rings. The largest absolute Gasteiger partial charge is 0.392 e. The zero-order valence-electron chi connectivity index (χ0n) is 12.8. The molecule has 0 spiro atoms. The van der Waals surface area contributed by atoms with Gasteiger partial charge in [0.1, 0.15) is 5.69 Å². The second-order valence-electron chi connectivity index (χ2n) is 5.93. The van der Waals surface area contributed by atoms with Crippen molar-refractivity contribution in [2.24, 2.45) is 0 Å². The van der Waals surface area contributed by atoms with Crippen LogP contribution in [0.1, 0.15) is 22.6 Å². The molecule has 5 nitrogen and oxygen atoms in total. The number of fused-ring (bicyclic) bond motifs is 1. The Morgan fingerprint density at radius 2 is 2.04 bits per heavy atom. The minimum absolute atomic E-state index is 0.0448. The van der Waals surface area contributed by atoms with Gasteiger partial charge in [-0.2, -0.15) is 0 Å². The predicted octanol–water partition coefficient (Wildman–Crippen LogP) is 3.45. The van der Waals surface area contributed by atoms with E-state index in [1.165, 1.54) is 0 Å². The van der Waals surface area contributed by atoms with Gasteiger partial charge in [-0.3, -0.25) is 10.1 Å². The van der Waals surface area contributed by atoms with Crippen LogP contribution in [0.25, 0.3) is 0 Å². The van der Waals surface area contributed by atoms with E-state index < -0.39 is 4.92 Å². The minimum atomic E-state index is -0.401. The Hall–Kier alpha value is -2.11. The number of nitrogen functional groups attached to an aromatic ring is 1. The smallest absolute Gasteiger partial charge is 0.297 e. The van der Waals surface area contributed by atoms with Crippen LogP contribution in [0.2, 0.25) is 5.02 Å². The van der Waals surface area contributed by atoms with Gasteiger partial charge in [0.15, 0.2) is 0 Å². The SMILES string of the molecule is CN1CCc2cc(Cl)c(N)c([N+](=O)[O-])c2[C@@H](c2ccccc2)C1. The van der Waals surface area contributed by atoms with Crippen LogP contribution in [0.4, 0.5) is 11.4 Å². The number of hydrogen-bond donors (Lipinski definition) is 1. The molecule has 0 aliphatic carbocycles. The molecule has 1 heterocycles. The molecule has 0 amide bonds. The van der Waals surface area contributed by atoms with E-state index in [2.05, 4.69) is 4.90 Å². The molecule has 2 aromatic carbocycles. The van der Waals surface area contributed by atoms with Gasteiger partial charge in [0.25, 0.3) is 5.69 Å². The van der Waals surface area contributed by atoms with E-state index in [1.54, 1.807) is 6.07 Å². The van der Waals surface area contributed by atoms with Gasteiger partial charge in [0, 0.05) is 24.6 Å². The molecular weight excluding hydrogens is 314 g/mol. The third-order valence-electron chi connectivity index (χ3n) is 4.40. The number of hydrogen-bond acceptors (Lipinski definition) is 4. The van der Waals surface area contributed by atoms with Gasteiger partial charge >= 0.3 is 0 Å². The first kappa shape index (κ1) is 15.8. The third kappa shape index (κ3) is 2.90. The Bertz CT molecular complexity index is 749. The number of rotatable bonds is 2. The van der Waals surface area contributed by atoms with E-state index in [-0.39, 0.29) is 22.3 Å². The monoisotopic (exact) mass is 331 g/mol. The molecule has 1 atom stereocenters. The van der Waals surface area contributed by atoms with E-state index in [4.69, 9.17) is 17.3 Å². The molecule has 2 N–H and O–H groups in total. The second-order valence-corrected chi connectivity index (χ2v) is 6.33. The predicted molar refractivity (Wildman–Crippen MR) is 92.0 cm³/mol. The molecule has 1 aliphatic heterocycles.